The van der Waals surface area contributed by atoms with Gasteiger partial charge in [0.15, 0.2) is 0 Å². The van der Waals surface area contributed by atoms with Gasteiger partial charge >= 0.3 is 0 Å². The highest BCUT2D eigenvalue weighted by molar-refractivity contribution is 6.46. The second-order valence-corrected chi connectivity index (χ2v) is 15.4. The van der Waals surface area contributed by atoms with E-state index in [1.165, 1.54) is 132 Å². The first-order valence-corrected chi connectivity index (χ1v) is 22.1. The number of rotatable bonds is 30. The normalized spacial score (nSPS) is 12.2. The van der Waals surface area contributed by atoms with Crippen LogP contribution in [0.2, 0.25) is 0 Å². The van der Waals surface area contributed by atoms with Crippen molar-refractivity contribution in [2.24, 2.45) is 9.98 Å². The molecule has 0 aliphatic heterocycles. The van der Waals surface area contributed by atoms with Gasteiger partial charge in [0, 0.05) is 54.4 Å². The minimum absolute atomic E-state index is 0.920. The summed E-state index contributed by atoms with van der Waals surface area (Å²) in [6.07, 6.45) is 29.4. The van der Waals surface area contributed by atoms with Gasteiger partial charge in [0.25, 0.3) is 0 Å². The van der Waals surface area contributed by atoms with E-state index in [0.29, 0.717) is 0 Å². The van der Waals surface area contributed by atoms with Crippen LogP contribution in [0.5, 0.6) is 0 Å². The molecule has 0 unspecified atom stereocenters. The predicted octanol–water partition coefficient (Wildman–Crippen LogP) is 14.0. The Hall–Kier alpha value is -3.28. The number of aliphatic imine (C=N–C) groups is 2. The average Bonchev–Trinajstić information content (AvgIpc) is 3.19. The Morgan fingerprint density at radius 1 is 0.463 bits per heavy atom. The van der Waals surface area contributed by atoms with Crippen LogP contribution < -0.4 is 19.6 Å². The number of hydrogen-bond acceptors (Lipinski definition) is 6. The topological polar surface area (TPSA) is 37.7 Å². The Kier molecular flexibility index (Phi) is 24.5. The highest BCUT2D eigenvalue weighted by atomic mass is 15.2. The second-order valence-electron chi connectivity index (χ2n) is 15.4. The number of benzene rings is 2. The molecule has 0 saturated heterocycles. The van der Waals surface area contributed by atoms with E-state index in [1.807, 2.05) is 0 Å². The van der Waals surface area contributed by atoms with Crippen LogP contribution in [0, 0.1) is 0 Å². The molecule has 2 rings (SSSR count). The molecule has 2 aromatic rings. The molecule has 0 aromatic heterocycles. The van der Waals surface area contributed by atoms with Gasteiger partial charge in [0.1, 0.15) is 0 Å². The molecule has 304 valence electrons. The SMILES string of the molecule is CCCCCCCCCCCCCCCCCCCC=CC(=Nc1ccc(N(C)CC)c(N(C)CC)c1)C(C)=Nc1ccc(N(C)CC)c(N(C)CC)c1. The third-order valence-electron chi connectivity index (χ3n) is 11.1. The summed E-state index contributed by atoms with van der Waals surface area (Å²) in [5.74, 6) is 0. The number of unbranched alkanes of at least 4 members (excludes halogenated alkanes) is 17. The largest absolute Gasteiger partial charge is 0.373 e. The summed E-state index contributed by atoms with van der Waals surface area (Å²) < 4.78 is 0. The molecule has 0 spiro atoms. The molecule has 0 aliphatic carbocycles. The summed E-state index contributed by atoms with van der Waals surface area (Å²) in [5.41, 5.74) is 8.62. The standard InChI is InChI=1S/C48H82N6/c1-11-16-17-18-19-20-21-22-23-24-25-26-27-28-29-30-31-32-33-34-44(50-43-36-38-46(52(8)13-3)48(40-43)54(10)15-5)41(6)49-42-35-37-45(51(7)12-2)47(39-42)53(9)14-4/h33-40H,11-32H2,1-10H3. The van der Waals surface area contributed by atoms with Crippen LogP contribution in [0.15, 0.2) is 58.5 Å². The van der Waals surface area contributed by atoms with Gasteiger partial charge in [-0.3, -0.25) is 4.99 Å². The fraction of sp³-hybridized carbons (Fsp3) is 0.667. The predicted molar refractivity (Wildman–Crippen MR) is 246 cm³/mol. The number of allylic oxidation sites excluding steroid dienone is 2. The number of anilines is 4. The maximum Gasteiger partial charge on any atom is 0.0845 e. The van der Waals surface area contributed by atoms with E-state index in [2.05, 4.69) is 138 Å². The Labute approximate surface area is 334 Å². The van der Waals surface area contributed by atoms with Crippen LogP contribution in [0.3, 0.4) is 0 Å². The van der Waals surface area contributed by atoms with Gasteiger partial charge in [-0.05, 0) is 89.9 Å². The van der Waals surface area contributed by atoms with Crippen LogP contribution in [-0.2, 0) is 0 Å². The van der Waals surface area contributed by atoms with Gasteiger partial charge in [-0.2, -0.15) is 0 Å². The van der Waals surface area contributed by atoms with Gasteiger partial charge in [-0.1, -0.05) is 116 Å². The van der Waals surface area contributed by atoms with Crippen LogP contribution >= 0.6 is 0 Å². The fourth-order valence-electron chi connectivity index (χ4n) is 6.91. The monoisotopic (exact) mass is 743 g/mol. The Morgan fingerprint density at radius 2 is 0.815 bits per heavy atom. The van der Waals surface area contributed by atoms with E-state index in [-0.39, 0.29) is 0 Å². The van der Waals surface area contributed by atoms with E-state index < -0.39 is 0 Å². The van der Waals surface area contributed by atoms with Crippen molar-refractivity contribution in [2.45, 2.75) is 157 Å². The molecule has 0 radical (unpaired) electrons. The summed E-state index contributed by atoms with van der Waals surface area (Å²) >= 11 is 0. The van der Waals surface area contributed by atoms with Crippen LogP contribution in [0.1, 0.15) is 157 Å². The average molecular weight is 743 g/mol. The van der Waals surface area contributed by atoms with Crippen LogP contribution in [0.4, 0.5) is 34.1 Å². The summed E-state index contributed by atoms with van der Waals surface area (Å²) in [7, 11) is 8.62. The smallest absolute Gasteiger partial charge is 0.0845 e. The Bertz CT molecular complexity index is 1380. The highest BCUT2D eigenvalue weighted by Gasteiger charge is 2.13. The molecule has 0 heterocycles. The van der Waals surface area contributed by atoms with Gasteiger partial charge in [0.2, 0.25) is 0 Å². The summed E-state index contributed by atoms with van der Waals surface area (Å²) in [6, 6.07) is 13.2. The van der Waals surface area contributed by atoms with E-state index in [1.54, 1.807) is 0 Å². The summed E-state index contributed by atoms with van der Waals surface area (Å²) in [4.78, 5) is 19.6. The fourth-order valence-corrected chi connectivity index (χ4v) is 6.91. The first-order valence-electron chi connectivity index (χ1n) is 22.1. The molecule has 6 heteroatoms. The van der Waals surface area contributed by atoms with Crippen LogP contribution in [-0.4, -0.2) is 65.8 Å². The molecule has 2 aromatic carbocycles. The molecule has 0 aliphatic rings. The number of nitrogens with zero attached hydrogens (tertiary/aromatic N) is 6. The zero-order chi connectivity index (χ0) is 39.6. The van der Waals surface area contributed by atoms with Gasteiger partial charge in [0.05, 0.1) is 45.5 Å². The van der Waals surface area contributed by atoms with E-state index >= 15 is 0 Å². The lowest BCUT2D eigenvalue weighted by molar-refractivity contribution is 0.527. The second kappa shape index (κ2) is 28.2. The Balaban J connectivity index is 2.06. The van der Waals surface area contributed by atoms with Gasteiger partial charge in [-0.25, -0.2) is 4.99 Å². The zero-order valence-corrected chi connectivity index (χ0v) is 36.9. The van der Waals surface area contributed by atoms with E-state index in [0.717, 1.165) is 55.4 Å². The van der Waals surface area contributed by atoms with Crippen molar-refractivity contribution in [3.8, 4) is 0 Å². The molecule has 0 atom stereocenters. The van der Waals surface area contributed by atoms with Crippen molar-refractivity contribution >= 4 is 45.5 Å². The molecular formula is C48H82N6. The summed E-state index contributed by atoms with van der Waals surface area (Å²) in [6.45, 7) is 17.0. The van der Waals surface area contributed by atoms with Crippen molar-refractivity contribution < 1.29 is 0 Å². The van der Waals surface area contributed by atoms with Gasteiger partial charge in [-0.15, -0.1) is 0 Å². The molecule has 0 bridgehead atoms. The molecule has 54 heavy (non-hydrogen) atoms. The van der Waals surface area contributed by atoms with E-state index in [9.17, 15) is 0 Å². The summed E-state index contributed by atoms with van der Waals surface area (Å²) in [5, 5.41) is 0. The number of hydrogen-bond donors (Lipinski definition) is 0. The van der Waals surface area contributed by atoms with Crippen molar-refractivity contribution in [1.82, 2.24) is 0 Å². The third-order valence-corrected chi connectivity index (χ3v) is 11.1. The first kappa shape index (κ1) is 46.9. The minimum atomic E-state index is 0.920. The van der Waals surface area contributed by atoms with Gasteiger partial charge < -0.3 is 19.6 Å². The Morgan fingerprint density at radius 3 is 1.20 bits per heavy atom. The molecule has 0 N–H and O–H groups in total. The minimum Gasteiger partial charge on any atom is -0.373 e. The molecular weight excluding hydrogens is 661 g/mol. The lowest BCUT2D eigenvalue weighted by atomic mass is 10.0. The van der Waals surface area contributed by atoms with Crippen molar-refractivity contribution in [3.05, 3.63) is 48.6 Å². The van der Waals surface area contributed by atoms with Crippen LogP contribution in [0.25, 0.3) is 0 Å². The molecule has 0 saturated carbocycles. The lowest BCUT2D eigenvalue weighted by Gasteiger charge is -2.27. The van der Waals surface area contributed by atoms with Crippen molar-refractivity contribution in [3.63, 3.8) is 0 Å². The van der Waals surface area contributed by atoms with Crippen molar-refractivity contribution in [2.75, 3.05) is 74.0 Å². The maximum absolute atomic E-state index is 5.24. The maximum atomic E-state index is 5.24. The molecule has 6 nitrogen and oxygen atoms in total. The zero-order valence-electron chi connectivity index (χ0n) is 36.9. The highest BCUT2D eigenvalue weighted by Crippen LogP contribution is 2.34. The first-order chi connectivity index (χ1) is 26.2. The van der Waals surface area contributed by atoms with Crippen molar-refractivity contribution in [1.29, 1.82) is 0 Å². The molecule has 0 fully saturated rings. The lowest BCUT2D eigenvalue weighted by Crippen LogP contribution is -2.22. The third kappa shape index (κ3) is 17.5. The van der Waals surface area contributed by atoms with E-state index in [4.69, 9.17) is 9.98 Å². The quantitative estimate of drug-likeness (QED) is 0.0590. The molecule has 0 amide bonds.